The van der Waals surface area contributed by atoms with E-state index in [-0.39, 0.29) is 6.61 Å². The van der Waals surface area contributed by atoms with Gasteiger partial charge >= 0.3 is 0 Å². The lowest BCUT2D eigenvalue weighted by Gasteiger charge is -2.04. The third kappa shape index (κ3) is 2.98. The van der Waals surface area contributed by atoms with Crippen LogP contribution in [-0.2, 0) is 0 Å². The van der Waals surface area contributed by atoms with Crippen LogP contribution in [0.1, 0.15) is 11.4 Å². The average Bonchev–Trinajstić information content (AvgIpc) is 2.72. The number of aromatic nitrogens is 4. The normalized spacial score (nSPS) is 11.3. The molecule has 0 aliphatic rings. The van der Waals surface area contributed by atoms with Gasteiger partial charge in [-0.1, -0.05) is 11.8 Å². The molecule has 0 aliphatic carbocycles. The molecular weight excluding hydrogens is 250 g/mol. The van der Waals surface area contributed by atoms with E-state index in [1.165, 1.54) is 0 Å². The first kappa shape index (κ1) is 13.3. The van der Waals surface area contributed by atoms with Gasteiger partial charge in [0, 0.05) is 30.2 Å². The first-order valence-electron chi connectivity index (χ1n) is 5.86. The van der Waals surface area contributed by atoms with E-state index in [9.17, 15) is 0 Å². The van der Waals surface area contributed by atoms with E-state index in [4.69, 9.17) is 5.11 Å². The van der Waals surface area contributed by atoms with Crippen LogP contribution in [0.25, 0.3) is 5.78 Å². The molecule has 98 valence electrons. The quantitative estimate of drug-likeness (QED) is 0.583. The van der Waals surface area contributed by atoms with Gasteiger partial charge in [-0.25, -0.2) is 4.98 Å². The van der Waals surface area contributed by atoms with Crippen LogP contribution in [0.2, 0.25) is 0 Å². The summed E-state index contributed by atoms with van der Waals surface area (Å²) in [6.45, 7) is 5.60. The maximum absolute atomic E-state index is 8.65. The Balaban J connectivity index is 2.05. The molecule has 7 heteroatoms. The van der Waals surface area contributed by atoms with Crippen LogP contribution in [0, 0.1) is 13.8 Å². The molecule has 0 unspecified atom stereocenters. The third-order valence-electron chi connectivity index (χ3n) is 2.46. The van der Waals surface area contributed by atoms with Crippen LogP contribution in [-0.4, -0.2) is 50.1 Å². The lowest BCUT2D eigenvalue weighted by molar-refractivity contribution is 0.294. The molecular formula is C11H17N5OS. The number of nitrogens with zero attached hydrogens (tertiary/aromatic N) is 4. The summed E-state index contributed by atoms with van der Waals surface area (Å²) in [6, 6.07) is 2.02. The molecule has 0 radical (unpaired) electrons. The highest BCUT2D eigenvalue weighted by atomic mass is 32.2. The fourth-order valence-corrected chi connectivity index (χ4v) is 2.59. The second-order valence-electron chi connectivity index (χ2n) is 3.98. The zero-order valence-corrected chi connectivity index (χ0v) is 11.4. The van der Waals surface area contributed by atoms with Crippen LogP contribution in [0.3, 0.4) is 0 Å². The lowest BCUT2D eigenvalue weighted by atomic mass is 10.3. The van der Waals surface area contributed by atoms with Gasteiger partial charge in [-0.05, 0) is 19.9 Å². The van der Waals surface area contributed by atoms with Crippen LogP contribution in [0.5, 0.6) is 0 Å². The summed E-state index contributed by atoms with van der Waals surface area (Å²) in [7, 11) is 0. The Bertz CT molecular complexity index is 527. The van der Waals surface area contributed by atoms with Crippen molar-refractivity contribution in [3.8, 4) is 0 Å². The fraction of sp³-hybridized carbons (Fsp3) is 0.545. The van der Waals surface area contributed by atoms with Crippen molar-refractivity contribution in [3.63, 3.8) is 0 Å². The van der Waals surface area contributed by atoms with E-state index in [1.54, 1.807) is 11.8 Å². The number of fused-ring (bicyclic) bond motifs is 1. The maximum Gasteiger partial charge on any atom is 0.256 e. The lowest BCUT2D eigenvalue weighted by Crippen LogP contribution is -2.20. The Morgan fingerprint density at radius 2 is 2.17 bits per heavy atom. The van der Waals surface area contributed by atoms with Crippen molar-refractivity contribution < 1.29 is 5.11 Å². The van der Waals surface area contributed by atoms with Crippen molar-refractivity contribution in [1.82, 2.24) is 24.9 Å². The Morgan fingerprint density at radius 3 is 2.94 bits per heavy atom. The number of aryl methyl sites for hydroxylation is 2. The predicted molar refractivity (Wildman–Crippen MR) is 70.9 cm³/mol. The van der Waals surface area contributed by atoms with Gasteiger partial charge in [0.15, 0.2) is 5.16 Å². The van der Waals surface area contributed by atoms with E-state index < -0.39 is 0 Å². The molecule has 0 aliphatic heterocycles. The zero-order chi connectivity index (χ0) is 13.0. The molecule has 0 aromatic carbocycles. The van der Waals surface area contributed by atoms with Crippen molar-refractivity contribution in [2.75, 3.05) is 25.4 Å². The summed E-state index contributed by atoms with van der Waals surface area (Å²) in [5.74, 6) is 1.53. The van der Waals surface area contributed by atoms with Gasteiger partial charge in [-0.3, -0.25) is 4.40 Å². The summed E-state index contributed by atoms with van der Waals surface area (Å²) in [5, 5.41) is 20.9. The Hall–Kier alpha value is -1.18. The number of thioether (sulfide) groups is 1. The summed E-state index contributed by atoms with van der Waals surface area (Å²) in [4.78, 5) is 4.34. The van der Waals surface area contributed by atoms with Crippen LogP contribution in [0.15, 0.2) is 11.2 Å². The number of nitrogens with one attached hydrogen (secondary N) is 1. The topological polar surface area (TPSA) is 75.3 Å². The standard InChI is InChI=1S/C11H17N5OS/c1-8-7-9(2)16-10(13-8)14-15-11(16)18-6-4-12-3-5-17/h7,12,17H,3-6H2,1-2H3. The molecule has 0 saturated carbocycles. The second-order valence-corrected chi connectivity index (χ2v) is 5.04. The van der Waals surface area contributed by atoms with E-state index >= 15 is 0 Å². The number of hydrogen-bond acceptors (Lipinski definition) is 6. The Kier molecular flexibility index (Phi) is 4.51. The molecule has 0 fully saturated rings. The minimum Gasteiger partial charge on any atom is -0.395 e. The Morgan fingerprint density at radius 1 is 1.33 bits per heavy atom. The van der Waals surface area contributed by atoms with E-state index in [2.05, 4.69) is 20.5 Å². The molecule has 2 aromatic rings. The second kappa shape index (κ2) is 6.12. The third-order valence-corrected chi connectivity index (χ3v) is 3.39. The Labute approximate surface area is 110 Å². The number of aliphatic hydroxyl groups is 1. The van der Waals surface area contributed by atoms with E-state index in [1.807, 2.05) is 24.3 Å². The summed E-state index contributed by atoms with van der Waals surface area (Å²) in [5.41, 5.74) is 2.04. The molecule has 6 nitrogen and oxygen atoms in total. The molecule has 2 heterocycles. The average molecular weight is 267 g/mol. The van der Waals surface area contributed by atoms with Crippen molar-refractivity contribution >= 4 is 17.5 Å². The van der Waals surface area contributed by atoms with Crippen molar-refractivity contribution in [2.45, 2.75) is 19.0 Å². The molecule has 2 aromatic heterocycles. The first-order valence-corrected chi connectivity index (χ1v) is 6.84. The van der Waals surface area contributed by atoms with Crippen LogP contribution >= 0.6 is 11.8 Å². The fourth-order valence-electron chi connectivity index (χ4n) is 1.71. The molecule has 18 heavy (non-hydrogen) atoms. The number of rotatable bonds is 6. The molecule has 0 amide bonds. The van der Waals surface area contributed by atoms with Crippen LogP contribution in [0.4, 0.5) is 0 Å². The largest absolute Gasteiger partial charge is 0.395 e. The van der Waals surface area contributed by atoms with Crippen molar-refractivity contribution in [2.24, 2.45) is 0 Å². The summed E-state index contributed by atoms with van der Waals surface area (Å²) in [6.07, 6.45) is 0. The van der Waals surface area contributed by atoms with Crippen molar-refractivity contribution in [1.29, 1.82) is 0 Å². The zero-order valence-electron chi connectivity index (χ0n) is 10.6. The van der Waals surface area contributed by atoms with Gasteiger partial charge < -0.3 is 10.4 Å². The smallest absolute Gasteiger partial charge is 0.256 e. The van der Waals surface area contributed by atoms with Gasteiger partial charge in [-0.2, -0.15) is 0 Å². The number of aliphatic hydroxyl groups excluding tert-OH is 1. The number of hydrogen-bond donors (Lipinski definition) is 2. The SMILES string of the molecule is Cc1cc(C)n2c(SCCNCCO)nnc2n1. The van der Waals surface area contributed by atoms with Gasteiger partial charge in [0.25, 0.3) is 5.78 Å². The monoisotopic (exact) mass is 267 g/mol. The molecule has 2 N–H and O–H groups in total. The highest BCUT2D eigenvalue weighted by molar-refractivity contribution is 7.99. The van der Waals surface area contributed by atoms with E-state index in [0.717, 1.165) is 28.8 Å². The van der Waals surface area contributed by atoms with Gasteiger partial charge in [-0.15, -0.1) is 10.2 Å². The van der Waals surface area contributed by atoms with Gasteiger partial charge in [0.1, 0.15) is 0 Å². The molecule has 2 rings (SSSR count). The minimum atomic E-state index is 0.167. The highest BCUT2D eigenvalue weighted by Gasteiger charge is 2.09. The molecule has 0 atom stereocenters. The highest BCUT2D eigenvalue weighted by Crippen LogP contribution is 2.17. The molecule has 0 bridgehead atoms. The summed E-state index contributed by atoms with van der Waals surface area (Å²) < 4.78 is 1.96. The first-order chi connectivity index (χ1) is 8.72. The van der Waals surface area contributed by atoms with E-state index in [0.29, 0.717) is 12.3 Å². The molecule has 0 saturated heterocycles. The molecule has 0 spiro atoms. The van der Waals surface area contributed by atoms with Crippen LogP contribution < -0.4 is 5.32 Å². The minimum absolute atomic E-state index is 0.167. The predicted octanol–water partition coefficient (Wildman–Crippen LogP) is 0.415. The van der Waals surface area contributed by atoms with Gasteiger partial charge in [0.05, 0.1) is 6.61 Å². The van der Waals surface area contributed by atoms with Crippen molar-refractivity contribution in [3.05, 3.63) is 17.5 Å². The summed E-state index contributed by atoms with van der Waals surface area (Å²) >= 11 is 1.63. The van der Waals surface area contributed by atoms with Gasteiger partial charge in [0.2, 0.25) is 0 Å². The maximum atomic E-state index is 8.65.